The van der Waals surface area contributed by atoms with Gasteiger partial charge in [-0.05, 0) is 120 Å². The normalized spacial score (nSPS) is 12.6. The van der Waals surface area contributed by atoms with Crippen molar-refractivity contribution < 1.29 is 0 Å². The van der Waals surface area contributed by atoms with Crippen LogP contribution in [0.1, 0.15) is 0 Å². The molecule has 61 heavy (non-hydrogen) atoms. The molecule has 11 aromatic rings. The van der Waals surface area contributed by atoms with Crippen LogP contribution in [0.25, 0.3) is 100 Å². The molecule has 0 spiro atoms. The van der Waals surface area contributed by atoms with Crippen molar-refractivity contribution in [1.29, 1.82) is 0 Å². The zero-order valence-corrected chi connectivity index (χ0v) is 35.7. The molecule has 0 saturated carbocycles. The van der Waals surface area contributed by atoms with Gasteiger partial charge in [0.15, 0.2) is 5.82 Å². The van der Waals surface area contributed by atoms with E-state index in [4.69, 9.17) is 9.97 Å². The Labute approximate surface area is 356 Å². The van der Waals surface area contributed by atoms with Gasteiger partial charge in [-0.3, -0.25) is 9.16 Å². The van der Waals surface area contributed by atoms with E-state index in [2.05, 4.69) is 222 Å². The average Bonchev–Trinajstić information content (AvgIpc) is 3.81. The summed E-state index contributed by atoms with van der Waals surface area (Å²) in [7, 11) is -1.90. The van der Waals surface area contributed by atoms with Crippen molar-refractivity contribution >= 4 is 52.8 Å². The minimum atomic E-state index is -1.90. The van der Waals surface area contributed by atoms with E-state index in [1.165, 1.54) is 59.8 Å². The smallest absolute Gasteiger partial charge is 0.160 e. The van der Waals surface area contributed by atoms with Gasteiger partial charge < -0.3 is 9.13 Å². The molecule has 0 saturated heterocycles. The van der Waals surface area contributed by atoms with Crippen LogP contribution in [0, 0.1) is 0 Å². The van der Waals surface area contributed by atoms with E-state index in [1.807, 2.05) is 12.1 Å². The van der Waals surface area contributed by atoms with Crippen LogP contribution in [0.5, 0.6) is 0 Å². The number of nitrogens with zero attached hydrogens (tertiary/aromatic N) is 4. The van der Waals surface area contributed by atoms with Gasteiger partial charge in [0, 0.05) is 49.6 Å². The molecule has 0 aliphatic carbocycles. The lowest BCUT2D eigenvalue weighted by Gasteiger charge is -2.47. The highest BCUT2D eigenvalue weighted by Gasteiger charge is 2.22. The number of para-hydroxylation sites is 2. The monoisotopic (exact) mass is 806 g/mol. The fourth-order valence-electron chi connectivity index (χ4n) is 8.90. The number of hydrogen-bond donors (Lipinski definition) is 1. The van der Waals surface area contributed by atoms with E-state index in [9.17, 15) is 0 Å². The third kappa shape index (κ3) is 6.50. The molecule has 3 heterocycles. The molecule has 0 radical (unpaired) electrons. The quantitative estimate of drug-likeness (QED) is 0.163. The van der Waals surface area contributed by atoms with Crippen molar-refractivity contribution in [3.8, 4) is 56.4 Å². The highest BCUT2D eigenvalue weighted by molar-refractivity contribution is 8.47. The summed E-state index contributed by atoms with van der Waals surface area (Å²) >= 11 is 0. The van der Waals surface area contributed by atoms with E-state index in [0.29, 0.717) is 5.82 Å². The van der Waals surface area contributed by atoms with Crippen LogP contribution in [0.3, 0.4) is 0 Å². The van der Waals surface area contributed by atoms with Gasteiger partial charge in [0.2, 0.25) is 0 Å². The molecular weight excluding hydrogens is 761 g/mol. The predicted molar refractivity (Wildman–Crippen MR) is 263 cm³/mol. The van der Waals surface area contributed by atoms with Crippen LogP contribution in [0.15, 0.2) is 205 Å². The van der Waals surface area contributed by atoms with Gasteiger partial charge in [0.05, 0.1) is 33.5 Å². The van der Waals surface area contributed by atoms with Crippen LogP contribution >= 0.6 is 9.16 Å². The van der Waals surface area contributed by atoms with Gasteiger partial charge in [0.1, 0.15) is 0 Å². The van der Waals surface area contributed by atoms with Crippen molar-refractivity contribution in [3.63, 3.8) is 0 Å². The van der Waals surface area contributed by atoms with E-state index in [1.54, 1.807) is 0 Å². The highest BCUT2D eigenvalue weighted by Crippen LogP contribution is 2.63. The van der Waals surface area contributed by atoms with Crippen molar-refractivity contribution in [3.05, 3.63) is 200 Å². The van der Waals surface area contributed by atoms with Crippen molar-refractivity contribution in [2.24, 2.45) is 0 Å². The number of rotatable bonds is 7. The van der Waals surface area contributed by atoms with Crippen LogP contribution in [0.4, 0.5) is 0 Å². The molecule has 0 aliphatic heterocycles. The highest BCUT2D eigenvalue weighted by atomic mass is 32.3. The van der Waals surface area contributed by atoms with E-state index < -0.39 is 9.16 Å². The molecule has 296 valence electrons. The second-order valence-electron chi connectivity index (χ2n) is 18.0. The van der Waals surface area contributed by atoms with Gasteiger partial charge in [0.25, 0.3) is 0 Å². The third-order valence-corrected chi connectivity index (χ3v) is 14.4. The lowest BCUT2D eigenvalue weighted by molar-refractivity contribution is 1.16. The number of aromatic nitrogens is 4. The van der Waals surface area contributed by atoms with Crippen molar-refractivity contribution in [2.75, 3.05) is 25.0 Å². The van der Waals surface area contributed by atoms with Crippen LogP contribution in [-0.4, -0.2) is 44.1 Å². The van der Waals surface area contributed by atoms with Crippen molar-refractivity contribution in [2.45, 2.75) is 4.90 Å². The second kappa shape index (κ2) is 13.9. The van der Waals surface area contributed by atoms with Gasteiger partial charge in [-0.1, -0.05) is 121 Å². The predicted octanol–water partition coefficient (Wildman–Crippen LogP) is 14.3. The first-order valence-corrected chi connectivity index (χ1v) is 24.9. The summed E-state index contributed by atoms with van der Waals surface area (Å²) in [6, 6.07) is 72.2. The molecule has 0 N–H and O–H groups in total. The minimum absolute atomic E-state index is 0.699. The molecule has 8 aromatic carbocycles. The molecule has 3 aromatic heterocycles. The molecule has 0 amide bonds. The first-order chi connectivity index (χ1) is 29.6. The molecular formula is C56H46N4S. The molecule has 0 fully saturated rings. The number of benzene rings is 8. The van der Waals surface area contributed by atoms with E-state index in [-0.39, 0.29) is 0 Å². The number of hydrogen-bond acceptors (Lipinski definition) is 2. The lowest BCUT2D eigenvalue weighted by Crippen LogP contribution is -2.10. The summed E-state index contributed by atoms with van der Waals surface area (Å²) in [6.45, 7) is 0. The first kappa shape index (κ1) is 36.8. The maximum Gasteiger partial charge on any atom is 0.160 e. The number of fused-ring (bicyclic) bond motifs is 6. The summed E-state index contributed by atoms with van der Waals surface area (Å²) < 4.78 is 4.83. The third-order valence-electron chi connectivity index (χ3n) is 12.1. The first-order valence-electron chi connectivity index (χ1n) is 20.9. The van der Waals surface area contributed by atoms with E-state index >= 15 is 0 Å². The summed E-state index contributed by atoms with van der Waals surface area (Å²) in [6.07, 6.45) is 9.67. The molecule has 5 heteroatoms. The zero-order chi connectivity index (χ0) is 41.3. The Morgan fingerprint density at radius 2 is 0.721 bits per heavy atom. The lowest BCUT2D eigenvalue weighted by atomic mass is 10.0. The molecule has 0 unspecified atom stereocenters. The van der Waals surface area contributed by atoms with Gasteiger partial charge in [-0.2, -0.15) is 0 Å². The molecule has 0 atom stereocenters. The Morgan fingerprint density at radius 3 is 1.18 bits per heavy atom. The standard InChI is InChI=1S/C56H46N4S/c1-61(2,3,4)45-31-29-44(30-32-45)60-53-22-14-12-20-47(53)49-34-26-42(36-55(49)60)41-25-33-48-46-19-11-13-21-52(46)59(54(48)35-41)43-27-23-40(24-28-43)56-57-50(38-15-7-5-8-16-38)37-51(58-56)39-17-9-6-10-18-39/h5-37,61H,1-4H3. The average molecular weight is 807 g/mol. The van der Waals surface area contributed by atoms with E-state index in [0.717, 1.165) is 39.3 Å². The van der Waals surface area contributed by atoms with Crippen molar-refractivity contribution in [1.82, 2.24) is 19.1 Å². The minimum Gasteiger partial charge on any atom is -0.309 e. The fraction of sp³-hybridized carbons (Fsp3) is 0.0714. The number of thiol groups is 1. The zero-order valence-electron chi connectivity index (χ0n) is 34.8. The largest absolute Gasteiger partial charge is 0.309 e. The summed E-state index contributed by atoms with van der Waals surface area (Å²) in [5, 5.41) is 4.97. The summed E-state index contributed by atoms with van der Waals surface area (Å²) in [5.74, 6) is 0.699. The topological polar surface area (TPSA) is 35.6 Å². The van der Waals surface area contributed by atoms with Gasteiger partial charge >= 0.3 is 0 Å². The van der Waals surface area contributed by atoms with Crippen LogP contribution in [0.2, 0.25) is 0 Å². The Bertz CT molecular complexity index is 3380. The van der Waals surface area contributed by atoms with Crippen LogP contribution in [-0.2, 0) is 0 Å². The molecule has 0 bridgehead atoms. The summed E-state index contributed by atoms with van der Waals surface area (Å²) in [5.41, 5.74) is 14.3. The Balaban J connectivity index is 1.03. The molecule has 0 aliphatic rings. The maximum atomic E-state index is 5.10. The fourth-order valence-corrected chi connectivity index (χ4v) is 10.2. The Kier molecular flexibility index (Phi) is 8.42. The maximum absolute atomic E-state index is 5.10. The van der Waals surface area contributed by atoms with Gasteiger partial charge in [-0.25, -0.2) is 9.97 Å². The molecule has 11 rings (SSSR count). The second-order valence-corrected chi connectivity index (χ2v) is 25.7. The van der Waals surface area contributed by atoms with Crippen LogP contribution < -0.4 is 0 Å². The Hall–Kier alpha value is -7.21. The SMILES string of the molecule is C[SH](C)(C)(C)c1ccc(-n2c3ccccc3c3ccc(-c4ccc5c6ccccc6n(-c6ccc(-c7nc(-c8ccccc8)cc(-c8ccccc8)n7)cc6)c5c4)cc32)cc1. The Morgan fingerprint density at radius 1 is 0.328 bits per heavy atom. The summed E-state index contributed by atoms with van der Waals surface area (Å²) in [4.78, 5) is 11.6. The van der Waals surface area contributed by atoms with Gasteiger partial charge in [-0.15, -0.1) is 0 Å². The molecule has 4 nitrogen and oxygen atoms in total.